The molecule has 0 atom stereocenters. The van der Waals surface area contributed by atoms with Crippen molar-refractivity contribution in [2.45, 2.75) is 57.4 Å². The Labute approximate surface area is 99.0 Å². The monoisotopic (exact) mass is 217 g/mol. The van der Waals surface area contributed by atoms with Gasteiger partial charge in [-0.25, -0.2) is 0 Å². The minimum Gasteiger partial charge on any atom is -0.321 e. The largest absolute Gasteiger partial charge is 0.321 e. The van der Waals surface area contributed by atoms with Gasteiger partial charge in [0.2, 0.25) is 0 Å². The zero-order chi connectivity index (χ0) is 11.4. The Morgan fingerprint density at radius 1 is 1.06 bits per heavy atom. The van der Waals surface area contributed by atoms with E-state index in [0.29, 0.717) is 0 Å². The fourth-order valence-corrected chi connectivity index (χ4v) is 2.76. The molecule has 1 aliphatic rings. The maximum Gasteiger partial charge on any atom is 0.0409 e. The molecule has 0 bridgehead atoms. The van der Waals surface area contributed by atoms with Crippen LogP contribution in [0.25, 0.3) is 0 Å². The Balaban J connectivity index is 2.13. The fourth-order valence-electron chi connectivity index (χ4n) is 2.76. The molecular formula is C15H23N. The van der Waals surface area contributed by atoms with Crippen LogP contribution in [0.1, 0.15) is 56.6 Å². The molecule has 16 heavy (non-hydrogen) atoms. The van der Waals surface area contributed by atoms with Gasteiger partial charge in [0.15, 0.2) is 0 Å². The van der Waals surface area contributed by atoms with Crippen LogP contribution < -0.4 is 5.73 Å². The van der Waals surface area contributed by atoms with Crippen LogP contribution >= 0.6 is 0 Å². The van der Waals surface area contributed by atoms with Crippen molar-refractivity contribution in [1.82, 2.24) is 0 Å². The van der Waals surface area contributed by atoms with E-state index in [2.05, 4.69) is 31.2 Å². The standard InChI is InChI=1S/C15H23N/c1-2-6-13-7-9-14(10-8-13)15(16)11-4-3-5-12-15/h7-10H,2-6,11-12,16H2,1H3. The molecule has 0 unspecified atom stereocenters. The Bertz CT molecular complexity index is 320. The Morgan fingerprint density at radius 3 is 2.25 bits per heavy atom. The summed E-state index contributed by atoms with van der Waals surface area (Å²) in [6.07, 6.45) is 8.62. The normalized spacial score (nSPS) is 19.6. The van der Waals surface area contributed by atoms with Crippen LogP contribution in [0, 0.1) is 0 Å². The van der Waals surface area contributed by atoms with Gasteiger partial charge in [-0.15, -0.1) is 0 Å². The van der Waals surface area contributed by atoms with E-state index in [1.807, 2.05) is 0 Å². The van der Waals surface area contributed by atoms with E-state index in [1.54, 1.807) is 0 Å². The highest BCUT2D eigenvalue weighted by atomic mass is 14.7. The van der Waals surface area contributed by atoms with Crippen molar-refractivity contribution in [1.29, 1.82) is 0 Å². The minimum atomic E-state index is -0.0387. The van der Waals surface area contributed by atoms with Crippen LogP contribution in [0.3, 0.4) is 0 Å². The fraction of sp³-hybridized carbons (Fsp3) is 0.600. The lowest BCUT2D eigenvalue weighted by atomic mass is 9.77. The van der Waals surface area contributed by atoms with Gasteiger partial charge < -0.3 is 5.73 Å². The lowest BCUT2D eigenvalue weighted by molar-refractivity contribution is 0.302. The van der Waals surface area contributed by atoms with Crippen molar-refractivity contribution in [2.24, 2.45) is 5.73 Å². The maximum atomic E-state index is 6.50. The average molecular weight is 217 g/mol. The predicted octanol–water partition coefficient (Wildman–Crippen LogP) is 3.76. The van der Waals surface area contributed by atoms with Crippen LogP contribution in [-0.4, -0.2) is 0 Å². The molecule has 1 saturated carbocycles. The SMILES string of the molecule is CCCc1ccc(C2(N)CCCCC2)cc1. The zero-order valence-electron chi connectivity index (χ0n) is 10.3. The molecule has 2 rings (SSSR count). The molecule has 0 aromatic heterocycles. The van der Waals surface area contributed by atoms with Crippen molar-refractivity contribution in [3.05, 3.63) is 35.4 Å². The van der Waals surface area contributed by atoms with Crippen LogP contribution in [0.15, 0.2) is 24.3 Å². The van der Waals surface area contributed by atoms with Crippen molar-refractivity contribution in [2.75, 3.05) is 0 Å². The number of rotatable bonds is 3. The van der Waals surface area contributed by atoms with Crippen molar-refractivity contribution >= 4 is 0 Å². The van der Waals surface area contributed by atoms with E-state index < -0.39 is 0 Å². The molecule has 1 fully saturated rings. The molecule has 2 N–H and O–H groups in total. The number of benzene rings is 1. The first-order chi connectivity index (χ1) is 7.74. The third kappa shape index (κ3) is 2.46. The second-order valence-corrected chi connectivity index (χ2v) is 5.16. The number of hydrogen-bond donors (Lipinski definition) is 1. The van der Waals surface area contributed by atoms with E-state index in [1.165, 1.54) is 43.2 Å². The van der Waals surface area contributed by atoms with E-state index in [9.17, 15) is 0 Å². The Kier molecular flexibility index (Phi) is 3.65. The lowest BCUT2D eigenvalue weighted by Gasteiger charge is -2.34. The molecule has 1 heteroatoms. The third-order valence-corrected chi connectivity index (χ3v) is 3.81. The molecule has 1 nitrogen and oxygen atoms in total. The average Bonchev–Trinajstić information content (AvgIpc) is 2.31. The van der Waals surface area contributed by atoms with E-state index in [0.717, 1.165) is 12.8 Å². The second kappa shape index (κ2) is 5.01. The lowest BCUT2D eigenvalue weighted by Crippen LogP contribution is -2.38. The van der Waals surface area contributed by atoms with Crippen LogP contribution in [0.5, 0.6) is 0 Å². The zero-order valence-corrected chi connectivity index (χ0v) is 10.3. The smallest absolute Gasteiger partial charge is 0.0409 e. The maximum absolute atomic E-state index is 6.50. The van der Waals surface area contributed by atoms with Gasteiger partial charge in [-0.2, -0.15) is 0 Å². The molecular weight excluding hydrogens is 194 g/mol. The van der Waals surface area contributed by atoms with Gasteiger partial charge in [0, 0.05) is 5.54 Å². The first kappa shape index (κ1) is 11.7. The first-order valence-electron chi connectivity index (χ1n) is 6.63. The summed E-state index contributed by atoms with van der Waals surface area (Å²) < 4.78 is 0. The summed E-state index contributed by atoms with van der Waals surface area (Å²) in [6, 6.07) is 9.00. The topological polar surface area (TPSA) is 26.0 Å². The molecule has 1 aliphatic carbocycles. The molecule has 0 amide bonds. The summed E-state index contributed by atoms with van der Waals surface area (Å²) in [7, 11) is 0. The highest BCUT2D eigenvalue weighted by Gasteiger charge is 2.28. The molecule has 0 radical (unpaired) electrons. The summed E-state index contributed by atoms with van der Waals surface area (Å²) in [5, 5.41) is 0. The summed E-state index contributed by atoms with van der Waals surface area (Å²) in [6.45, 7) is 2.22. The summed E-state index contributed by atoms with van der Waals surface area (Å²) >= 11 is 0. The molecule has 0 saturated heterocycles. The minimum absolute atomic E-state index is 0.0387. The Morgan fingerprint density at radius 2 is 1.69 bits per heavy atom. The van der Waals surface area contributed by atoms with Gasteiger partial charge >= 0.3 is 0 Å². The van der Waals surface area contributed by atoms with Gasteiger partial charge in [0.1, 0.15) is 0 Å². The molecule has 88 valence electrons. The summed E-state index contributed by atoms with van der Waals surface area (Å²) in [5.41, 5.74) is 9.24. The van der Waals surface area contributed by atoms with E-state index in [4.69, 9.17) is 5.73 Å². The molecule has 0 aliphatic heterocycles. The van der Waals surface area contributed by atoms with E-state index in [-0.39, 0.29) is 5.54 Å². The van der Waals surface area contributed by atoms with Crippen molar-refractivity contribution in [3.63, 3.8) is 0 Å². The number of aryl methyl sites for hydroxylation is 1. The highest BCUT2D eigenvalue weighted by molar-refractivity contribution is 5.28. The van der Waals surface area contributed by atoms with Gasteiger partial charge in [-0.1, -0.05) is 56.9 Å². The quantitative estimate of drug-likeness (QED) is 0.819. The van der Waals surface area contributed by atoms with Crippen molar-refractivity contribution in [3.8, 4) is 0 Å². The molecule has 0 heterocycles. The molecule has 1 aromatic carbocycles. The van der Waals surface area contributed by atoms with Crippen LogP contribution in [-0.2, 0) is 12.0 Å². The van der Waals surface area contributed by atoms with Crippen molar-refractivity contribution < 1.29 is 0 Å². The van der Waals surface area contributed by atoms with Crippen LogP contribution in [0.2, 0.25) is 0 Å². The van der Waals surface area contributed by atoms with Gasteiger partial charge in [0.25, 0.3) is 0 Å². The number of nitrogens with two attached hydrogens (primary N) is 1. The number of hydrogen-bond acceptors (Lipinski definition) is 1. The first-order valence-corrected chi connectivity index (χ1v) is 6.63. The predicted molar refractivity (Wildman–Crippen MR) is 69.4 cm³/mol. The van der Waals surface area contributed by atoms with Gasteiger partial charge in [-0.05, 0) is 30.4 Å². The summed E-state index contributed by atoms with van der Waals surface area (Å²) in [4.78, 5) is 0. The van der Waals surface area contributed by atoms with E-state index >= 15 is 0 Å². The summed E-state index contributed by atoms with van der Waals surface area (Å²) in [5.74, 6) is 0. The van der Waals surface area contributed by atoms with Gasteiger partial charge in [-0.3, -0.25) is 0 Å². The Hall–Kier alpha value is -0.820. The molecule has 0 spiro atoms. The third-order valence-electron chi connectivity index (χ3n) is 3.81. The highest BCUT2D eigenvalue weighted by Crippen LogP contribution is 2.34. The van der Waals surface area contributed by atoms with Crippen LogP contribution in [0.4, 0.5) is 0 Å². The second-order valence-electron chi connectivity index (χ2n) is 5.16. The van der Waals surface area contributed by atoms with Gasteiger partial charge in [0.05, 0.1) is 0 Å². The molecule has 1 aromatic rings.